The first kappa shape index (κ1) is 16.2. The molecular formula is C16H21N3O3. The molecule has 0 saturated carbocycles. The molecule has 1 fully saturated rings. The van der Waals surface area contributed by atoms with Crippen LogP contribution in [0.4, 0.5) is 4.79 Å². The first-order chi connectivity index (χ1) is 10.3. The normalized spacial score (nSPS) is 15.4. The number of hydrogen-bond donors (Lipinski definition) is 0. The lowest BCUT2D eigenvalue weighted by Gasteiger charge is -2.23. The molecule has 1 saturated heterocycles. The lowest BCUT2D eigenvalue weighted by atomic mass is 10.1. The second-order valence-corrected chi connectivity index (χ2v) is 5.65. The standard InChI is InChI=1S/C16H21N3O3/c1-5-18-14(20)15(21)19(16(18)22)10-17(4)9-13-7-6-11(2)8-12(13)3/h6-8H,5,9-10H2,1-4H3. The molecule has 0 N–H and O–H groups in total. The van der Waals surface area contributed by atoms with Gasteiger partial charge in [0, 0.05) is 13.1 Å². The number of hydrogen-bond acceptors (Lipinski definition) is 4. The zero-order valence-electron chi connectivity index (χ0n) is 13.4. The Morgan fingerprint density at radius 2 is 1.68 bits per heavy atom. The van der Waals surface area contributed by atoms with Crippen LogP contribution in [0.3, 0.4) is 0 Å². The van der Waals surface area contributed by atoms with Crippen molar-refractivity contribution in [3.63, 3.8) is 0 Å². The predicted molar refractivity (Wildman–Crippen MR) is 81.9 cm³/mol. The summed E-state index contributed by atoms with van der Waals surface area (Å²) in [7, 11) is 1.82. The Labute approximate surface area is 130 Å². The Hall–Kier alpha value is -2.21. The molecule has 4 amide bonds. The summed E-state index contributed by atoms with van der Waals surface area (Å²) in [5.74, 6) is -1.49. The largest absolute Gasteiger partial charge is 0.335 e. The molecule has 0 aromatic heterocycles. The summed E-state index contributed by atoms with van der Waals surface area (Å²) in [5, 5.41) is 0. The average Bonchev–Trinajstić information content (AvgIpc) is 2.66. The molecule has 2 rings (SSSR count). The van der Waals surface area contributed by atoms with E-state index in [0.29, 0.717) is 6.54 Å². The van der Waals surface area contributed by atoms with E-state index >= 15 is 0 Å². The van der Waals surface area contributed by atoms with Crippen LogP contribution in [0, 0.1) is 13.8 Å². The van der Waals surface area contributed by atoms with Gasteiger partial charge in [-0.05, 0) is 38.9 Å². The van der Waals surface area contributed by atoms with Crippen LogP contribution in [0.5, 0.6) is 0 Å². The Kier molecular flexibility index (Phi) is 4.61. The molecule has 0 unspecified atom stereocenters. The van der Waals surface area contributed by atoms with Crippen LogP contribution in [0.15, 0.2) is 18.2 Å². The van der Waals surface area contributed by atoms with Gasteiger partial charge in [0.05, 0.1) is 6.67 Å². The van der Waals surface area contributed by atoms with Crippen LogP contribution in [0.25, 0.3) is 0 Å². The molecule has 0 aliphatic carbocycles. The van der Waals surface area contributed by atoms with Gasteiger partial charge in [0.15, 0.2) is 0 Å². The highest BCUT2D eigenvalue weighted by Crippen LogP contribution is 2.15. The third-order valence-corrected chi connectivity index (χ3v) is 3.77. The predicted octanol–water partition coefficient (Wildman–Crippen LogP) is 1.50. The number of rotatable bonds is 5. The van der Waals surface area contributed by atoms with E-state index in [4.69, 9.17) is 0 Å². The summed E-state index contributed by atoms with van der Waals surface area (Å²) in [4.78, 5) is 39.4. The van der Waals surface area contributed by atoms with Crippen LogP contribution in [-0.4, -0.2) is 52.8 Å². The number of carbonyl (C=O) groups excluding carboxylic acids is 3. The quantitative estimate of drug-likeness (QED) is 0.611. The molecule has 6 nitrogen and oxygen atoms in total. The molecule has 22 heavy (non-hydrogen) atoms. The van der Waals surface area contributed by atoms with Crippen molar-refractivity contribution in [1.29, 1.82) is 0 Å². The Morgan fingerprint density at radius 3 is 2.23 bits per heavy atom. The number of urea groups is 1. The summed E-state index contributed by atoms with van der Waals surface area (Å²) < 4.78 is 0. The highest BCUT2D eigenvalue weighted by molar-refractivity contribution is 6.44. The van der Waals surface area contributed by atoms with E-state index in [2.05, 4.69) is 6.07 Å². The first-order valence-electron chi connectivity index (χ1n) is 7.27. The third-order valence-electron chi connectivity index (χ3n) is 3.77. The third kappa shape index (κ3) is 3.01. The summed E-state index contributed by atoms with van der Waals surface area (Å²) in [6.45, 7) is 6.65. The fraction of sp³-hybridized carbons (Fsp3) is 0.438. The summed E-state index contributed by atoms with van der Waals surface area (Å²) in [5.41, 5.74) is 3.49. The molecule has 0 atom stereocenters. The van der Waals surface area contributed by atoms with Crippen molar-refractivity contribution in [2.24, 2.45) is 0 Å². The van der Waals surface area contributed by atoms with Gasteiger partial charge in [-0.15, -0.1) is 0 Å². The monoisotopic (exact) mass is 303 g/mol. The number of amides is 4. The average molecular weight is 303 g/mol. The van der Waals surface area contributed by atoms with E-state index in [0.717, 1.165) is 20.9 Å². The van der Waals surface area contributed by atoms with Crippen LogP contribution < -0.4 is 0 Å². The van der Waals surface area contributed by atoms with Gasteiger partial charge in [0.25, 0.3) is 0 Å². The van der Waals surface area contributed by atoms with Gasteiger partial charge < -0.3 is 0 Å². The zero-order valence-corrected chi connectivity index (χ0v) is 13.4. The van der Waals surface area contributed by atoms with Gasteiger partial charge in [-0.3, -0.25) is 19.4 Å². The number of nitrogens with zero attached hydrogens (tertiary/aromatic N) is 3. The van der Waals surface area contributed by atoms with Crippen molar-refractivity contribution in [3.05, 3.63) is 34.9 Å². The van der Waals surface area contributed by atoms with E-state index < -0.39 is 17.8 Å². The molecule has 118 valence electrons. The SMILES string of the molecule is CCN1C(=O)C(=O)N(CN(C)Cc2ccc(C)cc2C)C1=O. The van der Waals surface area contributed by atoms with E-state index in [1.165, 1.54) is 5.56 Å². The molecule has 0 spiro atoms. The van der Waals surface area contributed by atoms with Crippen LogP contribution in [-0.2, 0) is 16.1 Å². The van der Waals surface area contributed by atoms with E-state index in [9.17, 15) is 14.4 Å². The van der Waals surface area contributed by atoms with Gasteiger partial charge >= 0.3 is 17.8 Å². The minimum Gasteiger partial charge on any atom is -0.284 e. The van der Waals surface area contributed by atoms with Crippen molar-refractivity contribution in [2.45, 2.75) is 27.3 Å². The Balaban J connectivity index is 2.06. The van der Waals surface area contributed by atoms with Crippen molar-refractivity contribution in [3.8, 4) is 0 Å². The number of likely N-dealkylation sites (N-methyl/N-ethyl adjacent to an activating group) is 1. The van der Waals surface area contributed by atoms with Crippen molar-refractivity contribution in [1.82, 2.24) is 14.7 Å². The highest BCUT2D eigenvalue weighted by Gasteiger charge is 2.43. The molecular weight excluding hydrogens is 282 g/mol. The number of aryl methyl sites for hydroxylation is 2. The van der Waals surface area contributed by atoms with E-state index in [1.807, 2.05) is 37.9 Å². The molecule has 0 radical (unpaired) electrons. The van der Waals surface area contributed by atoms with Gasteiger partial charge in [-0.2, -0.15) is 0 Å². The second-order valence-electron chi connectivity index (χ2n) is 5.65. The zero-order chi connectivity index (χ0) is 16.4. The van der Waals surface area contributed by atoms with E-state index in [1.54, 1.807) is 6.92 Å². The van der Waals surface area contributed by atoms with Crippen molar-refractivity contribution in [2.75, 3.05) is 20.3 Å². The Morgan fingerprint density at radius 1 is 1.05 bits per heavy atom. The smallest absolute Gasteiger partial charge is 0.284 e. The van der Waals surface area contributed by atoms with Gasteiger partial charge in [-0.1, -0.05) is 23.8 Å². The summed E-state index contributed by atoms with van der Waals surface area (Å²) in [6.07, 6.45) is 0. The van der Waals surface area contributed by atoms with Gasteiger partial charge in [0.1, 0.15) is 0 Å². The first-order valence-corrected chi connectivity index (χ1v) is 7.27. The summed E-state index contributed by atoms with van der Waals surface area (Å²) >= 11 is 0. The molecule has 1 aliphatic heterocycles. The fourth-order valence-corrected chi connectivity index (χ4v) is 2.56. The van der Waals surface area contributed by atoms with Crippen LogP contribution in [0.1, 0.15) is 23.6 Å². The Bertz CT molecular complexity index is 627. The molecule has 6 heteroatoms. The molecule has 1 aliphatic rings. The van der Waals surface area contributed by atoms with Crippen molar-refractivity contribution < 1.29 is 14.4 Å². The molecule has 1 heterocycles. The fourth-order valence-electron chi connectivity index (χ4n) is 2.56. The number of carbonyl (C=O) groups is 3. The molecule has 1 aromatic carbocycles. The highest BCUT2D eigenvalue weighted by atomic mass is 16.2. The number of imide groups is 2. The van der Waals surface area contributed by atoms with Crippen LogP contribution >= 0.6 is 0 Å². The lowest BCUT2D eigenvalue weighted by molar-refractivity contribution is -0.143. The summed E-state index contributed by atoms with van der Waals surface area (Å²) in [6, 6.07) is 5.63. The van der Waals surface area contributed by atoms with Gasteiger partial charge in [0.2, 0.25) is 0 Å². The maximum absolute atomic E-state index is 12.0. The van der Waals surface area contributed by atoms with Crippen LogP contribution in [0.2, 0.25) is 0 Å². The van der Waals surface area contributed by atoms with E-state index in [-0.39, 0.29) is 13.2 Å². The number of benzene rings is 1. The topological polar surface area (TPSA) is 60.9 Å². The van der Waals surface area contributed by atoms with Gasteiger partial charge in [-0.25, -0.2) is 9.69 Å². The minimum absolute atomic E-state index is 0.104. The molecule has 1 aromatic rings. The second kappa shape index (κ2) is 6.27. The molecule has 0 bridgehead atoms. The minimum atomic E-state index is -0.751. The lowest BCUT2D eigenvalue weighted by Crippen LogP contribution is -2.40. The van der Waals surface area contributed by atoms with Crippen molar-refractivity contribution >= 4 is 17.8 Å². The maximum Gasteiger partial charge on any atom is 0.335 e. The maximum atomic E-state index is 12.0.